The molecule has 0 spiro atoms. The molecule has 0 aromatic rings. The van der Waals surface area contributed by atoms with Crippen LogP contribution in [0, 0.1) is 22.7 Å². The topological polar surface area (TPSA) is 20.2 Å². The van der Waals surface area contributed by atoms with E-state index in [0.717, 1.165) is 0 Å². The Morgan fingerprint density at radius 3 is 2.44 bits per heavy atom. The van der Waals surface area contributed by atoms with Gasteiger partial charge < -0.3 is 5.11 Å². The Balaban J connectivity index is 2.41. The molecule has 2 aliphatic carbocycles. The molecule has 0 unspecified atom stereocenters. The lowest BCUT2D eigenvalue weighted by Gasteiger charge is -2.50. The third-order valence-electron chi connectivity index (χ3n) is 5.02. The Kier molecular flexibility index (Phi) is 2.73. The van der Waals surface area contributed by atoms with Crippen LogP contribution >= 0.6 is 0 Å². The highest BCUT2D eigenvalue weighted by molar-refractivity contribution is 5.29. The van der Waals surface area contributed by atoms with Crippen LogP contribution in [0.2, 0.25) is 0 Å². The summed E-state index contributed by atoms with van der Waals surface area (Å²) in [7, 11) is 0. The average Bonchev–Trinajstić information content (AvgIpc) is 2.38. The van der Waals surface area contributed by atoms with Gasteiger partial charge in [0.1, 0.15) is 0 Å². The number of rotatable bonds is 1. The van der Waals surface area contributed by atoms with Crippen LogP contribution in [0.25, 0.3) is 0 Å². The van der Waals surface area contributed by atoms with E-state index in [1.807, 2.05) is 0 Å². The van der Waals surface area contributed by atoms with Gasteiger partial charge in [-0.25, -0.2) is 0 Å². The molecule has 0 radical (unpaired) electrons. The van der Waals surface area contributed by atoms with E-state index < -0.39 is 0 Å². The van der Waals surface area contributed by atoms with Gasteiger partial charge in [-0.15, -0.1) is 0 Å². The minimum absolute atomic E-state index is 0.224. The second kappa shape index (κ2) is 3.60. The van der Waals surface area contributed by atoms with Crippen molar-refractivity contribution in [3.63, 3.8) is 0 Å². The van der Waals surface area contributed by atoms with Crippen LogP contribution in [0.1, 0.15) is 53.9 Å². The van der Waals surface area contributed by atoms with Gasteiger partial charge in [-0.1, -0.05) is 52.7 Å². The van der Waals surface area contributed by atoms with Crippen molar-refractivity contribution in [2.45, 2.75) is 60.0 Å². The van der Waals surface area contributed by atoms with Crippen molar-refractivity contribution in [2.75, 3.05) is 0 Å². The predicted molar refractivity (Wildman–Crippen MR) is 68.2 cm³/mol. The van der Waals surface area contributed by atoms with Gasteiger partial charge in [-0.3, -0.25) is 0 Å². The highest BCUT2D eigenvalue weighted by Crippen LogP contribution is 2.60. The van der Waals surface area contributed by atoms with Crippen LogP contribution in [0.3, 0.4) is 0 Å². The van der Waals surface area contributed by atoms with E-state index in [1.165, 1.54) is 24.8 Å². The summed E-state index contributed by atoms with van der Waals surface area (Å²) < 4.78 is 0. The SMILES string of the molecule is CC(C)C1=C[C@@H](O)[C@@H]2C(C)(C)CCC[C@@]12C. The van der Waals surface area contributed by atoms with Crippen molar-refractivity contribution in [1.82, 2.24) is 0 Å². The summed E-state index contributed by atoms with van der Waals surface area (Å²) in [5, 5.41) is 10.4. The monoisotopic (exact) mass is 222 g/mol. The Labute approximate surface area is 99.9 Å². The second-order valence-electron chi connectivity index (χ2n) is 7.00. The zero-order valence-electron chi connectivity index (χ0n) is 11.4. The van der Waals surface area contributed by atoms with Gasteiger partial charge in [0.25, 0.3) is 0 Å². The molecule has 1 saturated carbocycles. The van der Waals surface area contributed by atoms with Crippen molar-refractivity contribution >= 4 is 0 Å². The summed E-state index contributed by atoms with van der Waals surface area (Å²) in [6, 6.07) is 0. The van der Waals surface area contributed by atoms with E-state index in [2.05, 4.69) is 40.7 Å². The molecule has 3 atom stereocenters. The molecule has 0 aromatic heterocycles. The summed E-state index contributed by atoms with van der Waals surface area (Å²) >= 11 is 0. The Morgan fingerprint density at radius 1 is 1.25 bits per heavy atom. The zero-order chi connectivity index (χ0) is 12.1. The number of hydrogen-bond donors (Lipinski definition) is 1. The van der Waals surface area contributed by atoms with Crippen molar-refractivity contribution in [2.24, 2.45) is 22.7 Å². The number of aliphatic hydroxyl groups is 1. The lowest BCUT2D eigenvalue weighted by atomic mass is 9.55. The van der Waals surface area contributed by atoms with E-state index in [9.17, 15) is 5.11 Å². The van der Waals surface area contributed by atoms with Gasteiger partial charge in [-0.2, -0.15) is 0 Å². The van der Waals surface area contributed by atoms with Crippen LogP contribution < -0.4 is 0 Å². The van der Waals surface area contributed by atoms with Gasteiger partial charge in [0, 0.05) is 5.92 Å². The average molecular weight is 222 g/mol. The Bertz CT molecular complexity index is 313. The molecular formula is C15H26O. The van der Waals surface area contributed by atoms with E-state index in [4.69, 9.17) is 0 Å². The molecule has 0 aliphatic heterocycles. The third-order valence-corrected chi connectivity index (χ3v) is 5.02. The second-order valence-corrected chi connectivity index (χ2v) is 7.00. The molecule has 92 valence electrons. The highest BCUT2D eigenvalue weighted by atomic mass is 16.3. The summed E-state index contributed by atoms with van der Waals surface area (Å²) in [5.74, 6) is 0.990. The van der Waals surface area contributed by atoms with Crippen molar-refractivity contribution in [3.05, 3.63) is 11.6 Å². The number of fused-ring (bicyclic) bond motifs is 1. The first kappa shape index (κ1) is 12.2. The lowest BCUT2D eigenvalue weighted by Crippen LogP contribution is -2.45. The molecule has 1 heteroatoms. The fourth-order valence-corrected chi connectivity index (χ4v) is 4.57. The van der Waals surface area contributed by atoms with Gasteiger partial charge in [-0.05, 0) is 29.6 Å². The zero-order valence-corrected chi connectivity index (χ0v) is 11.4. The van der Waals surface area contributed by atoms with E-state index in [-0.39, 0.29) is 16.9 Å². The van der Waals surface area contributed by atoms with Gasteiger partial charge in [0.2, 0.25) is 0 Å². The summed E-state index contributed by atoms with van der Waals surface area (Å²) in [6.45, 7) is 11.5. The summed E-state index contributed by atoms with van der Waals surface area (Å²) in [5.41, 5.74) is 2.02. The molecule has 16 heavy (non-hydrogen) atoms. The number of allylic oxidation sites excluding steroid dienone is 1. The lowest BCUT2D eigenvalue weighted by molar-refractivity contribution is -0.0296. The standard InChI is InChI=1S/C15H26O/c1-10(2)11-9-12(16)13-14(3,4)7-6-8-15(11,13)5/h9-10,12-13,16H,6-8H2,1-5H3/t12-,13-,15+/m1/s1. The molecule has 0 bridgehead atoms. The van der Waals surface area contributed by atoms with Crippen LogP contribution in [-0.4, -0.2) is 11.2 Å². The van der Waals surface area contributed by atoms with Crippen LogP contribution in [0.5, 0.6) is 0 Å². The first-order valence-electron chi connectivity index (χ1n) is 6.69. The molecule has 0 heterocycles. The third kappa shape index (κ3) is 1.55. The fourth-order valence-electron chi connectivity index (χ4n) is 4.57. The maximum absolute atomic E-state index is 10.4. The van der Waals surface area contributed by atoms with E-state index >= 15 is 0 Å². The van der Waals surface area contributed by atoms with Crippen LogP contribution in [0.15, 0.2) is 11.6 Å². The molecule has 2 rings (SSSR count). The normalized spacial score (nSPS) is 42.1. The van der Waals surface area contributed by atoms with Gasteiger partial charge >= 0.3 is 0 Å². The van der Waals surface area contributed by atoms with Crippen molar-refractivity contribution in [1.29, 1.82) is 0 Å². The van der Waals surface area contributed by atoms with Crippen LogP contribution in [-0.2, 0) is 0 Å². The van der Waals surface area contributed by atoms with Crippen molar-refractivity contribution in [3.8, 4) is 0 Å². The first-order chi connectivity index (χ1) is 7.29. The summed E-state index contributed by atoms with van der Waals surface area (Å²) in [6.07, 6.45) is 5.74. The highest BCUT2D eigenvalue weighted by Gasteiger charge is 2.54. The molecule has 0 amide bonds. The Hall–Kier alpha value is -0.300. The van der Waals surface area contributed by atoms with Gasteiger partial charge in [0.15, 0.2) is 0 Å². The number of aliphatic hydroxyl groups excluding tert-OH is 1. The fraction of sp³-hybridized carbons (Fsp3) is 0.867. The minimum atomic E-state index is -0.224. The smallest absolute Gasteiger partial charge is 0.0765 e. The molecule has 2 aliphatic rings. The first-order valence-corrected chi connectivity index (χ1v) is 6.69. The van der Waals surface area contributed by atoms with Crippen molar-refractivity contribution < 1.29 is 5.11 Å². The molecule has 1 nitrogen and oxygen atoms in total. The maximum Gasteiger partial charge on any atom is 0.0765 e. The Morgan fingerprint density at radius 2 is 1.88 bits per heavy atom. The van der Waals surface area contributed by atoms with Gasteiger partial charge in [0.05, 0.1) is 6.10 Å². The maximum atomic E-state index is 10.4. The van der Waals surface area contributed by atoms with E-state index in [0.29, 0.717) is 11.8 Å². The largest absolute Gasteiger partial charge is 0.389 e. The molecule has 1 N–H and O–H groups in total. The quantitative estimate of drug-likeness (QED) is 0.669. The molecule has 1 fully saturated rings. The van der Waals surface area contributed by atoms with Crippen LogP contribution in [0.4, 0.5) is 0 Å². The minimum Gasteiger partial charge on any atom is -0.389 e. The summed E-state index contributed by atoms with van der Waals surface area (Å²) in [4.78, 5) is 0. The predicted octanol–water partition coefficient (Wildman–Crippen LogP) is 3.78. The van der Waals surface area contributed by atoms with E-state index in [1.54, 1.807) is 0 Å². The number of hydrogen-bond acceptors (Lipinski definition) is 1. The molecule has 0 aromatic carbocycles. The molecule has 0 saturated heterocycles. The molecular weight excluding hydrogens is 196 g/mol.